The summed E-state index contributed by atoms with van der Waals surface area (Å²) in [5.74, 6) is -0.173. The monoisotopic (exact) mass is 400 g/mol. The van der Waals surface area contributed by atoms with Crippen LogP contribution in [0.25, 0.3) is 0 Å². The molecular weight excluding hydrogens is 372 g/mol. The summed E-state index contributed by atoms with van der Waals surface area (Å²) in [5, 5.41) is 42.3. The van der Waals surface area contributed by atoms with Crippen LogP contribution in [0.15, 0.2) is 54.6 Å². The normalized spacial score (nSPS) is 26.1. The SMILES string of the molecule is C[C@H](NC(=O)c1ccc(CN2C[C@H](O)[C@@H](O)[C@H](O)[C@@H]2CO)cc1)c1ccccc1. The van der Waals surface area contributed by atoms with E-state index in [1.807, 2.05) is 37.3 Å². The van der Waals surface area contributed by atoms with Gasteiger partial charge in [0, 0.05) is 18.7 Å². The van der Waals surface area contributed by atoms with Gasteiger partial charge in [0.25, 0.3) is 5.91 Å². The first-order chi connectivity index (χ1) is 13.9. The maximum atomic E-state index is 12.5. The molecule has 3 rings (SSSR count). The summed E-state index contributed by atoms with van der Waals surface area (Å²) < 4.78 is 0. The third kappa shape index (κ3) is 5.01. The van der Waals surface area contributed by atoms with E-state index in [-0.39, 0.29) is 25.1 Å². The molecule has 1 fully saturated rings. The molecule has 0 saturated carbocycles. The standard InChI is InChI=1S/C22H28N2O5/c1-14(16-5-3-2-4-6-16)23-22(29)17-9-7-15(8-10-17)11-24-12-19(26)21(28)20(27)18(24)13-25/h2-10,14,18-21,25-28H,11-13H2,1H3,(H,23,29)/t14-,18-,19-,20+,21+/m0/s1. The number of hydrogen-bond acceptors (Lipinski definition) is 6. The number of hydrogen-bond donors (Lipinski definition) is 5. The second-order valence-corrected chi connectivity index (χ2v) is 7.53. The lowest BCUT2D eigenvalue weighted by atomic mass is 9.93. The molecule has 2 aromatic rings. The van der Waals surface area contributed by atoms with Gasteiger partial charge in [-0.2, -0.15) is 0 Å². The minimum Gasteiger partial charge on any atom is -0.395 e. The Morgan fingerprint density at radius 2 is 1.72 bits per heavy atom. The highest BCUT2D eigenvalue weighted by atomic mass is 16.4. The highest BCUT2D eigenvalue weighted by Gasteiger charge is 2.40. The van der Waals surface area contributed by atoms with Crippen molar-refractivity contribution in [3.8, 4) is 0 Å². The van der Waals surface area contributed by atoms with Crippen LogP contribution in [0.1, 0.15) is 34.5 Å². The van der Waals surface area contributed by atoms with E-state index in [1.54, 1.807) is 29.2 Å². The van der Waals surface area contributed by atoms with Gasteiger partial charge in [0.1, 0.15) is 12.2 Å². The van der Waals surface area contributed by atoms with E-state index in [2.05, 4.69) is 5.32 Å². The number of amides is 1. The van der Waals surface area contributed by atoms with Crippen molar-refractivity contribution in [2.24, 2.45) is 0 Å². The van der Waals surface area contributed by atoms with Gasteiger partial charge < -0.3 is 25.7 Å². The van der Waals surface area contributed by atoms with Crippen LogP contribution in [-0.2, 0) is 6.54 Å². The molecule has 0 aromatic heterocycles. The molecule has 1 amide bonds. The zero-order valence-electron chi connectivity index (χ0n) is 16.3. The lowest BCUT2D eigenvalue weighted by molar-refractivity contribution is -0.147. The van der Waals surface area contributed by atoms with Gasteiger partial charge in [-0.05, 0) is 30.2 Å². The number of benzene rings is 2. The van der Waals surface area contributed by atoms with Crippen LogP contribution >= 0.6 is 0 Å². The van der Waals surface area contributed by atoms with E-state index < -0.39 is 24.4 Å². The molecular formula is C22H28N2O5. The molecule has 0 bridgehead atoms. The average molecular weight is 400 g/mol. The summed E-state index contributed by atoms with van der Waals surface area (Å²) in [4.78, 5) is 14.2. The molecule has 1 saturated heterocycles. The molecule has 1 aliphatic heterocycles. The number of carbonyl (C=O) groups is 1. The summed E-state index contributed by atoms with van der Waals surface area (Å²) in [7, 11) is 0. The summed E-state index contributed by atoms with van der Waals surface area (Å²) in [6, 6.07) is 16.0. The molecule has 1 heterocycles. The molecule has 5 atom stereocenters. The predicted octanol–water partition coefficient (Wildman–Crippen LogP) is 0.437. The summed E-state index contributed by atoms with van der Waals surface area (Å²) in [5.41, 5.74) is 2.42. The molecule has 1 aliphatic rings. The fourth-order valence-electron chi connectivity index (χ4n) is 3.66. The zero-order valence-corrected chi connectivity index (χ0v) is 16.3. The molecule has 0 radical (unpaired) electrons. The van der Waals surface area contributed by atoms with E-state index in [1.165, 1.54) is 0 Å². The van der Waals surface area contributed by atoms with E-state index in [0.29, 0.717) is 12.1 Å². The van der Waals surface area contributed by atoms with Crippen molar-refractivity contribution in [1.82, 2.24) is 10.2 Å². The van der Waals surface area contributed by atoms with Gasteiger partial charge in [0.2, 0.25) is 0 Å². The molecule has 29 heavy (non-hydrogen) atoms. The lowest BCUT2D eigenvalue weighted by Gasteiger charge is -2.43. The Morgan fingerprint density at radius 1 is 1.07 bits per heavy atom. The van der Waals surface area contributed by atoms with Crippen LogP contribution in [0.2, 0.25) is 0 Å². The van der Waals surface area contributed by atoms with Gasteiger partial charge in [-0.3, -0.25) is 9.69 Å². The number of carbonyl (C=O) groups excluding carboxylic acids is 1. The number of likely N-dealkylation sites (tertiary alicyclic amines) is 1. The molecule has 7 heteroatoms. The number of nitrogens with zero attached hydrogens (tertiary/aromatic N) is 1. The Bertz CT molecular complexity index is 799. The second kappa shape index (κ2) is 9.47. The minimum atomic E-state index is -1.28. The van der Waals surface area contributed by atoms with Gasteiger partial charge in [0.15, 0.2) is 0 Å². The molecule has 7 nitrogen and oxygen atoms in total. The van der Waals surface area contributed by atoms with Crippen molar-refractivity contribution in [3.63, 3.8) is 0 Å². The minimum absolute atomic E-state index is 0.114. The van der Waals surface area contributed by atoms with Crippen molar-refractivity contribution in [2.75, 3.05) is 13.2 Å². The van der Waals surface area contributed by atoms with Gasteiger partial charge in [-0.15, -0.1) is 0 Å². The van der Waals surface area contributed by atoms with Crippen molar-refractivity contribution in [2.45, 2.75) is 43.9 Å². The van der Waals surface area contributed by atoms with Crippen molar-refractivity contribution in [1.29, 1.82) is 0 Å². The van der Waals surface area contributed by atoms with E-state index in [9.17, 15) is 25.2 Å². The van der Waals surface area contributed by atoms with Gasteiger partial charge >= 0.3 is 0 Å². The first-order valence-electron chi connectivity index (χ1n) is 9.74. The largest absolute Gasteiger partial charge is 0.395 e. The van der Waals surface area contributed by atoms with Crippen LogP contribution in [0.5, 0.6) is 0 Å². The van der Waals surface area contributed by atoms with Crippen molar-refractivity contribution in [3.05, 3.63) is 71.3 Å². The predicted molar refractivity (Wildman–Crippen MR) is 108 cm³/mol. The number of nitrogens with one attached hydrogen (secondary N) is 1. The average Bonchev–Trinajstić information content (AvgIpc) is 2.73. The van der Waals surface area contributed by atoms with Crippen LogP contribution < -0.4 is 5.32 Å². The molecule has 5 N–H and O–H groups in total. The number of aliphatic hydroxyl groups excluding tert-OH is 4. The third-order valence-corrected chi connectivity index (χ3v) is 5.46. The summed E-state index contributed by atoms with van der Waals surface area (Å²) in [6.07, 6.45) is -3.59. The van der Waals surface area contributed by atoms with Crippen LogP contribution in [0, 0.1) is 0 Å². The van der Waals surface area contributed by atoms with Crippen molar-refractivity contribution < 1.29 is 25.2 Å². The highest BCUT2D eigenvalue weighted by Crippen LogP contribution is 2.21. The Balaban J connectivity index is 1.63. The van der Waals surface area contributed by atoms with Gasteiger partial charge in [-0.1, -0.05) is 42.5 Å². The summed E-state index contributed by atoms with van der Waals surface area (Å²) >= 11 is 0. The first kappa shape index (κ1) is 21.4. The van der Waals surface area contributed by atoms with Crippen LogP contribution in [0.3, 0.4) is 0 Å². The van der Waals surface area contributed by atoms with E-state index in [4.69, 9.17) is 0 Å². The molecule has 2 aromatic carbocycles. The maximum absolute atomic E-state index is 12.5. The Labute approximate surface area is 170 Å². The fourth-order valence-corrected chi connectivity index (χ4v) is 3.66. The topological polar surface area (TPSA) is 113 Å². The zero-order chi connectivity index (χ0) is 21.0. The highest BCUT2D eigenvalue weighted by molar-refractivity contribution is 5.94. The number of piperidine rings is 1. The molecule has 0 unspecified atom stereocenters. The van der Waals surface area contributed by atoms with Gasteiger partial charge in [0.05, 0.1) is 24.8 Å². The van der Waals surface area contributed by atoms with E-state index >= 15 is 0 Å². The smallest absolute Gasteiger partial charge is 0.251 e. The molecule has 0 spiro atoms. The maximum Gasteiger partial charge on any atom is 0.251 e. The van der Waals surface area contributed by atoms with Crippen LogP contribution in [-0.4, -0.2) is 68.7 Å². The lowest BCUT2D eigenvalue weighted by Crippen LogP contribution is -2.62. The number of aliphatic hydroxyl groups is 4. The van der Waals surface area contributed by atoms with Crippen LogP contribution in [0.4, 0.5) is 0 Å². The number of rotatable bonds is 6. The van der Waals surface area contributed by atoms with E-state index in [0.717, 1.165) is 11.1 Å². The van der Waals surface area contributed by atoms with Crippen molar-refractivity contribution >= 4 is 5.91 Å². The Kier molecular flexibility index (Phi) is 7.00. The third-order valence-electron chi connectivity index (χ3n) is 5.46. The number of β-amino-alcohol motifs (C(OH)–C–C–N with tert-alkyl or cyclic N) is 1. The quantitative estimate of drug-likeness (QED) is 0.481. The Morgan fingerprint density at radius 3 is 2.34 bits per heavy atom. The summed E-state index contributed by atoms with van der Waals surface area (Å²) in [6.45, 7) is 2.11. The molecule has 0 aliphatic carbocycles. The molecule has 156 valence electrons. The Hall–Kier alpha value is -2.29. The van der Waals surface area contributed by atoms with Gasteiger partial charge in [-0.25, -0.2) is 0 Å². The fraction of sp³-hybridized carbons (Fsp3) is 0.409. The second-order valence-electron chi connectivity index (χ2n) is 7.53. The first-order valence-corrected chi connectivity index (χ1v) is 9.74.